The Balaban J connectivity index is 1.59. The smallest absolute Gasteiger partial charge is 0.261 e. The molecule has 0 aliphatic carbocycles. The minimum atomic E-state index is -0.0835. The molecule has 1 aliphatic rings. The number of carbonyl (C=O) groups is 1. The van der Waals surface area contributed by atoms with Crippen LogP contribution < -0.4 is 14.5 Å². The molecule has 4 rings (SSSR count). The molecule has 6 nitrogen and oxygen atoms in total. The van der Waals surface area contributed by atoms with E-state index in [2.05, 4.69) is 23.0 Å². The van der Waals surface area contributed by atoms with Crippen molar-refractivity contribution in [3.05, 3.63) is 71.0 Å². The Kier molecular flexibility index (Phi) is 5.40. The summed E-state index contributed by atoms with van der Waals surface area (Å²) in [5, 5.41) is 0. The summed E-state index contributed by atoms with van der Waals surface area (Å²) in [6.07, 6.45) is 4.24. The standard InChI is InChI=1S/C24H26N4O2/c1-5-28-22-19(24(29)27(4)20-7-6-11-25-23(20)28)14-18(15-26-22)10-12-30-21-9-8-16(2)13-17(21)3/h6-9,11,13-15H,5,10,12H2,1-4H3. The number of anilines is 3. The Morgan fingerprint density at radius 3 is 2.67 bits per heavy atom. The third kappa shape index (κ3) is 3.61. The fraction of sp³-hybridized carbons (Fsp3) is 0.292. The summed E-state index contributed by atoms with van der Waals surface area (Å²) in [6, 6.07) is 11.8. The first-order valence-corrected chi connectivity index (χ1v) is 10.2. The molecule has 6 heteroatoms. The third-order valence-electron chi connectivity index (χ3n) is 5.39. The Labute approximate surface area is 177 Å². The molecule has 0 saturated heterocycles. The molecule has 0 N–H and O–H groups in total. The number of hydrogen-bond acceptors (Lipinski definition) is 5. The molecule has 30 heavy (non-hydrogen) atoms. The third-order valence-corrected chi connectivity index (χ3v) is 5.39. The van der Waals surface area contributed by atoms with Crippen molar-refractivity contribution in [3.63, 3.8) is 0 Å². The Bertz CT molecular complexity index is 1100. The number of ether oxygens (including phenoxy) is 1. The van der Waals surface area contributed by atoms with Crippen molar-refractivity contribution in [2.75, 3.05) is 30.0 Å². The largest absolute Gasteiger partial charge is 0.493 e. The summed E-state index contributed by atoms with van der Waals surface area (Å²) in [6.45, 7) is 7.34. The number of benzene rings is 1. The predicted molar refractivity (Wildman–Crippen MR) is 119 cm³/mol. The van der Waals surface area contributed by atoms with Gasteiger partial charge in [0.15, 0.2) is 5.82 Å². The van der Waals surface area contributed by atoms with E-state index in [9.17, 15) is 4.79 Å². The van der Waals surface area contributed by atoms with Crippen LogP contribution in [0.5, 0.6) is 5.75 Å². The van der Waals surface area contributed by atoms with E-state index in [-0.39, 0.29) is 5.91 Å². The van der Waals surface area contributed by atoms with E-state index in [1.54, 1.807) is 18.1 Å². The Morgan fingerprint density at radius 1 is 1.07 bits per heavy atom. The van der Waals surface area contributed by atoms with Crippen LogP contribution in [-0.2, 0) is 6.42 Å². The number of fused-ring (bicyclic) bond motifs is 2. The zero-order valence-corrected chi connectivity index (χ0v) is 17.8. The molecule has 2 aromatic heterocycles. The lowest BCUT2D eigenvalue weighted by molar-refractivity contribution is 0.0994. The van der Waals surface area contributed by atoms with Gasteiger partial charge in [-0.05, 0) is 56.2 Å². The highest BCUT2D eigenvalue weighted by Gasteiger charge is 2.30. The van der Waals surface area contributed by atoms with Crippen molar-refractivity contribution in [1.29, 1.82) is 0 Å². The molecule has 3 heterocycles. The quantitative estimate of drug-likeness (QED) is 0.630. The molecule has 1 aliphatic heterocycles. The number of pyridine rings is 2. The van der Waals surface area contributed by atoms with E-state index >= 15 is 0 Å². The zero-order valence-electron chi connectivity index (χ0n) is 17.8. The van der Waals surface area contributed by atoms with Gasteiger partial charge in [-0.15, -0.1) is 0 Å². The second-order valence-corrected chi connectivity index (χ2v) is 7.54. The van der Waals surface area contributed by atoms with Crippen LogP contribution in [0.15, 0.2) is 48.8 Å². The number of nitrogens with zero attached hydrogens (tertiary/aromatic N) is 4. The molecule has 0 fully saturated rings. The van der Waals surface area contributed by atoms with Gasteiger partial charge in [-0.25, -0.2) is 9.97 Å². The van der Waals surface area contributed by atoms with Gasteiger partial charge in [-0.1, -0.05) is 17.7 Å². The maximum Gasteiger partial charge on any atom is 0.261 e. The van der Waals surface area contributed by atoms with Crippen LogP contribution in [0.1, 0.15) is 34.0 Å². The number of amides is 1. The van der Waals surface area contributed by atoms with Gasteiger partial charge in [0.1, 0.15) is 11.6 Å². The topological polar surface area (TPSA) is 58.6 Å². The molecule has 0 spiro atoms. The SMILES string of the molecule is CCN1c2ncc(CCOc3ccc(C)cc3C)cc2C(=O)N(C)c2cccnc21. The number of hydrogen-bond donors (Lipinski definition) is 0. The molecule has 1 aromatic carbocycles. The zero-order chi connectivity index (χ0) is 21.3. The summed E-state index contributed by atoms with van der Waals surface area (Å²) >= 11 is 0. The fourth-order valence-electron chi connectivity index (χ4n) is 3.80. The summed E-state index contributed by atoms with van der Waals surface area (Å²) in [4.78, 5) is 26.0. The van der Waals surface area contributed by atoms with Crippen molar-refractivity contribution in [3.8, 4) is 5.75 Å². The second kappa shape index (κ2) is 8.14. The fourth-order valence-corrected chi connectivity index (χ4v) is 3.80. The summed E-state index contributed by atoms with van der Waals surface area (Å²) in [5.74, 6) is 2.19. The van der Waals surface area contributed by atoms with E-state index in [1.165, 1.54) is 5.56 Å². The maximum atomic E-state index is 13.2. The lowest BCUT2D eigenvalue weighted by Crippen LogP contribution is -2.25. The van der Waals surface area contributed by atoms with Crippen LogP contribution in [0, 0.1) is 13.8 Å². The van der Waals surface area contributed by atoms with E-state index in [0.717, 1.165) is 28.4 Å². The number of aromatic nitrogens is 2. The molecule has 0 unspecified atom stereocenters. The monoisotopic (exact) mass is 402 g/mol. The number of aryl methyl sites for hydroxylation is 2. The molecular weight excluding hydrogens is 376 g/mol. The number of rotatable bonds is 5. The molecular formula is C24H26N4O2. The molecule has 154 valence electrons. The van der Waals surface area contributed by atoms with Crippen molar-refractivity contribution >= 4 is 23.2 Å². The van der Waals surface area contributed by atoms with Gasteiger partial charge in [0.05, 0.1) is 17.9 Å². The molecule has 0 radical (unpaired) electrons. The van der Waals surface area contributed by atoms with Crippen molar-refractivity contribution in [2.24, 2.45) is 0 Å². The van der Waals surface area contributed by atoms with E-state index < -0.39 is 0 Å². The molecule has 0 bridgehead atoms. The normalized spacial score (nSPS) is 13.0. The first-order valence-electron chi connectivity index (χ1n) is 10.2. The lowest BCUT2D eigenvalue weighted by atomic mass is 10.1. The second-order valence-electron chi connectivity index (χ2n) is 7.54. The predicted octanol–water partition coefficient (Wildman–Crippen LogP) is 4.46. The lowest BCUT2D eigenvalue weighted by Gasteiger charge is -2.22. The van der Waals surface area contributed by atoms with E-state index in [1.807, 2.05) is 55.3 Å². The first kappa shape index (κ1) is 19.9. The van der Waals surface area contributed by atoms with Gasteiger partial charge in [-0.2, -0.15) is 0 Å². The van der Waals surface area contributed by atoms with Gasteiger partial charge >= 0.3 is 0 Å². The highest BCUT2D eigenvalue weighted by Crippen LogP contribution is 2.37. The van der Waals surface area contributed by atoms with E-state index in [4.69, 9.17) is 4.74 Å². The highest BCUT2D eigenvalue weighted by atomic mass is 16.5. The maximum absolute atomic E-state index is 13.2. The first-order chi connectivity index (χ1) is 14.5. The van der Waals surface area contributed by atoms with Crippen molar-refractivity contribution in [1.82, 2.24) is 9.97 Å². The number of carbonyl (C=O) groups excluding carboxylic acids is 1. The Morgan fingerprint density at radius 2 is 1.90 bits per heavy atom. The summed E-state index contributed by atoms with van der Waals surface area (Å²) in [7, 11) is 1.78. The van der Waals surface area contributed by atoms with Gasteiger partial charge in [0.25, 0.3) is 5.91 Å². The average Bonchev–Trinajstić information content (AvgIpc) is 2.83. The van der Waals surface area contributed by atoms with Gasteiger partial charge in [0, 0.05) is 32.4 Å². The minimum absolute atomic E-state index is 0.0835. The molecule has 0 saturated carbocycles. The Hall–Kier alpha value is -3.41. The van der Waals surface area contributed by atoms with Crippen LogP contribution in [0.4, 0.5) is 17.3 Å². The van der Waals surface area contributed by atoms with Crippen molar-refractivity contribution in [2.45, 2.75) is 27.2 Å². The molecule has 0 atom stereocenters. The summed E-state index contributed by atoms with van der Waals surface area (Å²) in [5.41, 5.74) is 4.67. The van der Waals surface area contributed by atoms with Crippen molar-refractivity contribution < 1.29 is 9.53 Å². The van der Waals surface area contributed by atoms with Crippen LogP contribution >= 0.6 is 0 Å². The highest BCUT2D eigenvalue weighted by molar-refractivity contribution is 6.12. The van der Waals surface area contributed by atoms with E-state index in [0.29, 0.717) is 31.0 Å². The minimum Gasteiger partial charge on any atom is -0.493 e. The van der Waals surface area contributed by atoms with Gasteiger partial charge in [0.2, 0.25) is 0 Å². The average molecular weight is 402 g/mol. The van der Waals surface area contributed by atoms with Crippen LogP contribution in [0.2, 0.25) is 0 Å². The molecule has 1 amide bonds. The molecule has 3 aromatic rings. The van der Waals surface area contributed by atoms with Gasteiger partial charge < -0.3 is 14.5 Å². The van der Waals surface area contributed by atoms with Gasteiger partial charge in [-0.3, -0.25) is 4.79 Å². The van der Waals surface area contributed by atoms with Crippen LogP contribution in [0.25, 0.3) is 0 Å². The van der Waals surface area contributed by atoms with Crippen LogP contribution in [0.3, 0.4) is 0 Å². The summed E-state index contributed by atoms with van der Waals surface area (Å²) < 4.78 is 5.96. The van der Waals surface area contributed by atoms with Crippen LogP contribution in [-0.4, -0.2) is 36.1 Å².